The molecule has 0 heterocycles. The number of aromatic hydroxyl groups is 1. The molecule has 0 atom stereocenters. The lowest BCUT2D eigenvalue weighted by atomic mass is 10.1. The Bertz CT molecular complexity index is 955. The highest BCUT2D eigenvalue weighted by atomic mass is 79.9. The number of hydrazone groups is 1. The molecular formula is C18H12Br2N2O2. The van der Waals surface area contributed by atoms with Crippen LogP contribution in [-0.4, -0.2) is 17.2 Å². The maximum absolute atomic E-state index is 12.2. The maximum Gasteiger partial charge on any atom is 0.271 e. The zero-order valence-corrected chi connectivity index (χ0v) is 15.5. The topological polar surface area (TPSA) is 61.7 Å². The van der Waals surface area contributed by atoms with E-state index in [-0.39, 0.29) is 11.7 Å². The number of carbonyl (C=O) groups is 1. The maximum atomic E-state index is 12.2. The van der Waals surface area contributed by atoms with Crippen molar-refractivity contribution in [2.45, 2.75) is 0 Å². The van der Waals surface area contributed by atoms with Gasteiger partial charge in [0.05, 0.1) is 10.7 Å². The van der Waals surface area contributed by atoms with Crippen molar-refractivity contribution in [2.24, 2.45) is 5.10 Å². The van der Waals surface area contributed by atoms with Crippen LogP contribution in [0.15, 0.2) is 68.6 Å². The molecule has 3 rings (SSSR count). The van der Waals surface area contributed by atoms with E-state index >= 15 is 0 Å². The molecule has 0 saturated heterocycles. The van der Waals surface area contributed by atoms with Crippen LogP contribution in [0.3, 0.4) is 0 Å². The Labute approximate surface area is 155 Å². The number of amides is 1. The lowest BCUT2D eigenvalue weighted by molar-refractivity contribution is 0.0955. The number of benzene rings is 3. The SMILES string of the molecule is O=C(N/N=C/c1cc(Br)cc(Br)c1O)c1ccc2ccccc2c1. The van der Waals surface area contributed by atoms with Gasteiger partial charge in [0.1, 0.15) is 5.75 Å². The van der Waals surface area contributed by atoms with Crippen LogP contribution in [0.25, 0.3) is 10.8 Å². The Hall–Kier alpha value is -2.18. The first kappa shape index (κ1) is 16.7. The highest BCUT2D eigenvalue weighted by molar-refractivity contribution is 9.11. The number of nitrogens with one attached hydrogen (secondary N) is 1. The minimum Gasteiger partial charge on any atom is -0.506 e. The van der Waals surface area contributed by atoms with Crippen molar-refractivity contribution in [1.82, 2.24) is 5.43 Å². The summed E-state index contributed by atoms with van der Waals surface area (Å²) >= 11 is 6.59. The highest BCUT2D eigenvalue weighted by Crippen LogP contribution is 2.30. The average molecular weight is 448 g/mol. The molecule has 2 N–H and O–H groups in total. The van der Waals surface area contributed by atoms with Crippen LogP contribution in [0.5, 0.6) is 5.75 Å². The fourth-order valence-electron chi connectivity index (χ4n) is 2.24. The fourth-order valence-corrected chi connectivity index (χ4v) is 3.50. The molecule has 4 nitrogen and oxygen atoms in total. The molecule has 0 unspecified atom stereocenters. The average Bonchev–Trinajstić information content (AvgIpc) is 2.58. The molecule has 1 amide bonds. The summed E-state index contributed by atoms with van der Waals surface area (Å²) in [6.07, 6.45) is 1.39. The molecule has 0 fully saturated rings. The minimum absolute atomic E-state index is 0.0573. The Morgan fingerprint density at radius 2 is 1.79 bits per heavy atom. The fraction of sp³-hybridized carbons (Fsp3) is 0. The summed E-state index contributed by atoms with van der Waals surface area (Å²) in [5.41, 5.74) is 3.47. The van der Waals surface area contributed by atoms with Crippen LogP contribution >= 0.6 is 31.9 Å². The summed E-state index contributed by atoms with van der Waals surface area (Å²) in [4.78, 5) is 12.2. The number of nitrogens with zero attached hydrogens (tertiary/aromatic N) is 1. The first-order valence-electron chi connectivity index (χ1n) is 7.05. The molecule has 120 valence electrons. The summed E-state index contributed by atoms with van der Waals surface area (Å²) in [7, 11) is 0. The van der Waals surface area contributed by atoms with Gasteiger partial charge < -0.3 is 5.11 Å². The van der Waals surface area contributed by atoms with Gasteiger partial charge >= 0.3 is 0 Å². The highest BCUT2D eigenvalue weighted by Gasteiger charge is 2.07. The standard InChI is InChI=1S/C18H12Br2N2O2/c19-15-8-14(17(23)16(20)9-15)10-21-22-18(24)13-6-5-11-3-1-2-4-12(11)7-13/h1-10,23H,(H,22,24)/b21-10+. The van der Waals surface area contributed by atoms with Crippen LogP contribution in [-0.2, 0) is 0 Å². The van der Waals surface area contributed by atoms with Gasteiger partial charge in [-0.1, -0.05) is 46.3 Å². The van der Waals surface area contributed by atoms with Crippen LogP contribution in [0.1, 0.15) is 15.9 Å². The number of phenols is 1. The quantitative estimate of drug-likeness (QED) is 0.446. The number of halogens is 2. The number of hydrogen-bond acceptors (Lipinski definition) is 3. The van der Waals surface area contributed by atoms with Crippen LogP contribution < -0.4 is 5.43 Å². The monoisotopic (exact) mass is 446 g/mol. The number of rotatable bonds is 3. The van der Waals surface area contributed by atoms with Crippen molar-refractivity contribution in [1.29, 1.82) is 0 Å². The first-order chi connectivity index (χ1) is 11.5. The van der Waals surface area contributed by atoms with E-state index in [4.69, 9.17) is 0 Å². The zero-order chi connectivity index (χ0) is 17.1. The molecule has 0 saturated carbocycles. The Kier molecular flexibility index (Phi) is 4.97. The Balaban J connectivity index is 1.77. The smallest absolute Gasteiger partial charge is 0.271 e. The molecule has 0 radical (unpaired) electrons. The number of phenolic OH excluding ortho intramolecular Hbond substituents is 1. The molecule has 24 heavy (non-hydrogen) atoms. The summed E-state index contributed by atoms with van der Waals surface area (Å²) in [6.45, 7) is 0. The van der Waals surface area contributed by atoms with Gasteiger partial charge in [0.15, 0.2) is 0 Å². The molecule has 0 aromatic heterocycles. The third-order valence-corrected chi connectivity index (χ3v) is 4.50. The largest absolute Gasteiger partial charge is 0.506 e. The van der Waals surface area contributed by atoms with Crippen molar-refractivity contribution >= 4 is 54.8 Å². The molecule has 3 aromatic rings. The van der Waals surface area contributed by atoms with Gasteiger partial charge in [0.25, 0.3) is 5.91 Å². The molecule has 0 spiro atoms. The molecule has 6 heteroatoms. The minimum atomic E-state index is -0.314. The van der Waals surface area contributed by atoms with E-state index in [2.05, 4.69) is 42.4 Å². The van der Waals surface area contributed by atoms with E-state index in [1.165, 1.54) is 6.21 Å². The lowest BCUT2D eigenvalue weighted by Crippen LogP contribution is -2.17. The van der Waals surface area contributed by atoms with Gasteiger partial charge in [-0.25, -0.2) is 5.43 Å². The predicted molar refractivity (Wildman–Crippen MR) is 103 cm³/mol. The molecule has 3 aromatic carbocycles. The normalized spacial score (nSPS) is 11.1. The molecular weight excluding hydrogens is 436 g/mol. The summed E-state index contributed by atoms with van der Waals surface area (Å²) < 4.78 is 1.33. The van der Waals surface area contributed by atoms with E-state index in [1.54, 1.807) is 18.2 Å². The molecule has 0 bridgehead atoms. The van der Waals surface area contributed by atoms with E-state index in [0.717, 1.165) is 15.2 Å². The Morgan fingerprint density at radius 1 is 1.04 bits per heavy atom. The predicted octanol–water partition coefficient (Wildman–Crippen LogP) is 4.83. The van der Waals surface area contributed by atoms with Crippen molar-refractivity contribution in [3.8, 4) is 5.75 Å². The van der Waals surface area contributed by atoms with Crippen molar-refractivity contribution in [2.75, 3.05) is 0 Å². The van der Waals surface area contributed by atoms with Crippen molar-refractivity contribution < 1.29 is 9.90 Å². The molecule has 0 aliphatic carbocycles. The van der Waals surface area contributed by atoms with Crippen LogP contribution in [0.2, 0.25) is 0 Å². The van der Waals surface area contributed by atoms with Gasteiger partial charge in [-0.2, -0.15) is 5.10 Å². The number of hydrogen-bond donors (Lipinski definition) is 2. The number of fused-ring (bicyclic) bond motifs is 1. The second-order valence-electron chi connectivity index (χ2n) is 5.09. The van der Waals surface area contributed by atoms with E-state index < -0.39 is 0 Å². The lowest BCUT2D eigenvalue weighted by Gasteiger charge is -2.04. The van der Waals surface area contributed by atoms with Crippen molar-refractivity contribution in [3.05, 3.63) is 74.7 Å². The van der Waals surface area contributed by atoms with Gasteiger partial charge in [0, 0.05) is 15.6 Å². The third kappa shape index (κ3) is 3.66. The van der Waals surface area contributed by atoms with Gasteiger partial charge in [-0.05, 0) is 51.0 Å². The van der Waals surface area contributed by atoms with Crippen LogP contribution in [0.4, 0.5) is 0 Å². The summed E-state index contributed by atoms with van der Waals surface area (Å²) in [5.74, 6) is -0.257. The van der Waals surface area contributed by atoms with Crippen LogP contribution in [0, 0.1) is 0 Å². The zero-order valence-electron chi connectivity index (χ0n) is 12.3. The summed E-state index contributed by atoms with van der Waals surface area (Å²) in [6, 6.07) is 16.7. The van der Waals surface area contributed by atoms with E-state index in [1.807, 2.05) is 36.4 Å². The molecule has 0 aliphatic rings. The van der Waals surface area contributed by atoms with E-state index in [9.17, 15) is 9.90 Å². The van der Waals surface area contributed by atoms with E-state index in [0.29, 0.717) is 15.6 Å². The second-order valence-corrected chi connectivity index (χ2v) is 6.86. The van der Waals surface area contributed by atoms with Gasteiger partial charge in [-0.15, -0.1) is 0 Å². The second kappa shape index (κ2) is 7.15. The van der Waals surface area contributed by atoms with Gasteiger partial charge in [0.2, 0.25) is 0 Å². The summed E-state index contributed by atoms with van der Waals surface area (Å²) in [5, 5.41) is 15.9. The first-order valence-corrected chi connectivity index (χ1v) is 8.63. The Morgan fingerprint density at radius 3 is 2.58 bits per heavy atom. The third-order valence-electron chi connectivity index (χ3n) is 3.44. The molecule has 0 aliphatic heterocycles. The van der Waals surface area contributed by atoms with Crippen molar-refractivity contribution in [3.63, 3.8) is 0 Å². The van der Waals surface area contributed by atoms with Gasteiger partial charge in [-0.3, -0.25) is 4.79 Å². The number of carbonyl (C=O) groups excluding carboxylic acids is 1.